The van der Waals surface area contributed by atoms with E-state index >= 15 is 0 Å². The zero-order valence-electron chi connectivity index (χ0n) is 16.0. The summed E-state index contributed by atoms with van der Waals surface area (Å²) in [6.07, 6.45) is 0. The number of nitrogens with zero attached hydrogens (tertiary/aromatic N) is 1. The second-order valence-electron chi connectivity index (χ2n) is 6.43. The molecule has 5 N–H and O–H groups in total. The van der Waals surface area contributed by atoms with Crippen LogP contribution in [0.15, 0.2) is 56.7 Å². The largest absolute Gasteiger partial charge is 0.364 e. The number of fused-ring (bicyclic) bond motifs is 1. The van der Waals surface area contributed by atoms with Crippen LogP contribution in [0.3, 0.4) is 0 Å². The molecule has 0 unspecified atom stereocenters. The van der Waals surface area contributed by atoms with Crippen LogP contribution < -0.4 is 15.2 Å². The second-order valence-corrected chi connectivity index (χ2v) is 10.8. The van der Waals surface area contributed by atoms with Crippen LogP contribution in [0, 0.1) is 10.1 Å². The molecular weight excluding hydrogens is 530 g/mol. The van der Waals surface area contributed by atoms with Gasteiger partial charge in [0, 0.05) is 40.6 Å². The van der Waals surface area contributed by atoms with Gasteiger partial charge in [-0.05, 0) is 30.3 Å². The maximum atomic E-state index is 12.8. The number of aromatic amines is 1. The summed E-state index contributed by atoms with van der Waals surface area (Å²) in [4.78, 5) is 23.9. The Morgan fingerprint density at radius 3 is 2.19 bits per heavy atom. The van der Waals surface area contributed by atoms with E-state index in [-0.39, 0.29) is 39.6 Å². The molecule has 0 spiro atoms. The van der Waals surface area contributed by atoms with Gasteiger partial charge in [0.2, 0.25) is 20.0 Å². The number of hydrogen-bond acceptors (Lipinski definition) is 7. The number of non-ortho nitro benzene ring substituents is 1. The number of H-pyrrole nitrogens is 1. The minimum atomic E-state index is -4.25. The number of nitro benzene ring substituents is 1. The Morgan fingerprint density at radius 2 is 1.62 bits per heavy atom. The van der Waals surface area contributed by atoms with E-state index in [0.29, 0.717) is 9.99 Å². The van der Waals surface area contributed by atoms with E-state index in [1.807, 2.05) is 0 Å². The fraction of sp³-hybridized carbons (Fsp3) is 0.118. The molecule has 0 aliphatic rings. The van der Waals surface area contributed by atoms with Gasteiger partial charge in [-0.1, -0.05) is 15.9 Å². The van der Waals surface area contributed by atoms with E-state index < -0.39 is 30.9 Å². The number of hydrogen-bond donors (Lipinski definition) is 4. The van der Waals surface area contributed by atoms with Crippen LogP contribution in [0.4, 0.5) is 5.69 Å². The van der Waals surface area contributed by atoms with Crippen molar-refractivity contribution in [2.45, 2.75) is 9.79 Å². The molecule has 0 fully saturated rings. The Kier molecular flexibility index (Phi) is 6.66. The summed E-state index contributed by atoms with van der Waals surface area (Å²) in [7, 11) is -8.28. The lowest BCUT2D eigenvalue weighted by Crippen LogP contribution is -2.35. The Balaban J connectivity index is 1.75. The molecule has 2 aromatic carbocycles. The van der Waals surface area contributed by atoms with Gasteiger partial charge < -0.3 is 10.7 Å². The maximum Gasteiger partial charge on any atom is 0.269 e. The predicted octanol–water partition coefficient (Wildman–Crippen LogP) is 1.19. The van der Waals surface area contributed by atoms with Crippen molar-refractivity contribution in [3.63, 3.8) is 0 Å². The van der Waals surface area contributed by atoms with Crippen LogP contribution >= 0.6 is 15.9 Å². The molecule has 12 nitrogen and oxygen atoms in total. The molecule has 1 aromatic heterocycles. The highest BCUT2D eigenvalue weighted by atomic mass is 79.9. The first-order valence-electron chi connectivity index (χ1n) is 8.77. The lowest BCUT2D eigenvalue weighted by molar-refractivity contribution is -0.384. The van der Waals surface area contributed by atoms with Gasteiger partial charge in [-0.2, -0.15) is 0 Å². The molecule has 0 aliphatic heterocycles. The third-order valence-corrected chi connectivity index (χ3v) is 7.81. The molecule has 1 heterocycles. The number of nitrogens with two attached hydrogens (primary N) is 1. The van der Waals surface area contributed by atoms with Crippen LogP contribution in [0.2, 0.25) is 0 Å². The number of aromatic nitrogens is 1. The number of carbonyl (C=O) groups is 1. The Hall–Kier alpha value is -2.85. The molecule has 0 saturated heterocycles. The molecule has 3 rings (SSSR count). The van der Waals surface area contributed by atoms with E-state index in [1.54, 1.807) is 12.1 Å². The number of halogens is 1. The van der Waals surface area contributed by atoms with Gasteiger partial charge in [-0.3, -0.25) is 14.9 Å². The Labute approximate surface area is 190 Å². The van der Waals surface area contributed by atoms with Crippen molar-refractivity contribution in [1.29, 1.82) is 0 Å². The van der Waals surface area contributed by atoms with Crippen LogP contribution in [-0.2, 0) is 20.0 Å². The first-order chi connectivity index (χ1) is 14.9. The molecule has 15 heteroatoms. The maximum absolute atomic E-state index is 12.8. The average molecular weight is 546 g/mol. The number of rotatable bonds is 9. The molecule has 170 valence electrons. The molecule has 0 atom stereocenters. The summed E-state index contributed by atoms with van der Waals surface area (Å²) in [6, 6.07) is 8.93. The average Bonchev–Trinajstić information content (AvgIpc) is 3.11. The summed E-state index contributed by atoms with van der Waals surface area (Å²) >= 11 is 3.24. The normalized spacial score (nSPS) is 12.2. The molecule has 0 saturated carbocycles. The number of sulfonamides is 2. The second kappa shape index (κ2) is 8.95. The third kappa shape index (κ3) is 4.97. The zero-order chi connectivity index (χ0) is 23.7. The number of primary amides is 1. The quantitative estimate of drug-likeness (QED) is 0.176. The van der Waals surface area contributed by atoms with Crippen molar-refractivity contribution in [3.05, 3.63) is 62.7 Å². The van der Waals surface area contributed by atoms with E-state index in [0.717, 1.165) is 24.3 Å². The van der Waals surface area contributed by atoms with Gasteiger partial charge >= 0.3 is 0 Å². The minimum absolute atomic E-state index is 0.219. The highest BCUT2D eigenvalue weighted by molar-refractivity contribution is 9.10. The molecular formula is C17H16BrN5O7S2. The lowest BCUT2D eigenvalue weighted by Gasteiger charge is -2.09. The molecule has 0 radical (unpaired) electrons. The topological polar surface area (TPSA) is 194 Å². The van der Waals surface area contributed by atoms with Crippen LogP contribution in [-0.4, -0.2) is 45.7 Å². The van der Waals surface area contributed by atoms with E-state index in [4.69, 9.17) is 5.73 Å². The molecule has 0 aliphatic carbocycles. The van der Waals surface area contributed by atoms with Gasteiger partial charge in [-0.15, -0.1) is 0 Å². The van der Waals surface area contributed by atoms with Crippen molar-refractivity contribution >= 4 is 58.5 Å². The molecule has 3 aromatic rings. The SMILES string of the molecule is NC(=O)c1[nH]c2ccc(Br)cc2c1S(=O)(=O)NCCNS(=O)(=O)c1ccc([N+](=O)[O-])cc1. The summed E-state index contributed by atoms with van der Waals surface area (Å²) in [5, 5.41) is 10.9. The summed E-state index contributed by atoms with van der Waals surface area (Å²) < 4.78 is 55.3. The molecule has 0 bridgehead atoms. The number of nitrogens with one attached hydrogen (secondary N) is 3. The number of amides is 1. The Morgan fingerprint density at radius 1 is 1.03 bits per heavy atom. The zero-order valence-corrected chi connectivity index (χ0v) is 19.3. The first kappa shape index (κ1) is 23.8. The van der Waals surface area contributed by atoms with Gasteiger partial charge in [0.15, 0.2) is 0 Å². The molecule has 1 amide bonds. The minimum Gasteiger partial charge on any atom is -0.364 e. The smallest absolute Gasteiger partial charge is 0.269 e. The van der Waals surface area contributed by atoms with Gasteiger partial charge in [-0.25, -0.2) is 26.3 Å². The fourth-order valence-corrected chi connectivity index (χ4v) is 5.65. The summed E-state index contributed by atoms with van der Waals surface area (Å²) in [6.45, 7) is -0.663. The lowest BCUT2D eigenvalue weighted by atomic mass is 10.2. The number of benzene rings is 2. The van der Waals surface area contributed by atoms with Crippen molar-refractivity contribution in [3.8, 4) is 0 Å². The number of nitro groups is 1. The van der Waals surface area contributed by atoms with Crippen LogP contribution in [0.1, 0.15) is 10.5 Å². The van der Waals surface area contributed by atoms with Crippen molar-refractivity contribution < 1.29 is 26.6 Å². The van der Waals surface area contributed by atoms with Crippen molar-refractivity contribution in [2.24, 2.45) is 5.73 Å². The van der Waals surface area contributed by atoms with Crippen molar-refractivity contribution in [2.75, 3.05) is 13.1 Å². The molecule has 32 heavy (non-hydrogen) atoms. The number of carbonyl (C=O) groups excluding carboxylic acids is 1. The monoisotopic (exact) mass is 545 g/mol. The summed E-state index contributed by atoms with van der Waals surface area (Å²) in [5.74, 6) is -0.975. The third-order valence-electron chi connectivity index (χ3n) is 4.30. The van der Waals surface area contributed by atoms with E-state index in [2.05, 4.69) is 30.4 Å². The van der Waals surface area contributed by atoms with Crippen LogP contribution in [0.5, 0.6) is 0 Å². The fourth-order valence-electron chi connectivity index (χ4n) is 2.87. The van der Waals surface area contributed by atoms with Gasteiger partial charge in [0.25, 0.3) is 11.6 Å². The standard InChI is InChI=1S/C17H16BrN5O7S2/c18-10-1-6-14-13(9-10)16(15(22-14)17(19)24)32(29,30)21-8-7-20-31(27,28)12-4-2-11(3-5-12)23(25)26/h1-6,9,20-22H,7-8H2,(H2,19,24). The van der Waals surface area contributed by atoms with E-state index in [9.17, 15) is 31.7 Å². The van der Waals surface area contributed by atoms with Gasteiger partial charge in [0.1, 0.15) is 10.6 Å². The van der Waals surface area contributed by atoms with Crippen molar-refractivity contribution in [1.82, 2.24) is 14.4 Å². The highest BCUT2D eigenvalue weighted by Gasteiger charge is 2.27. The summed E-state index contributed by atoms with van der Waals surface area (Å²) in [5.41, 5.74) is 5.11. The predicted molar refractivity (Wildman–Crippen MR) is 118 cm³/mol. The van der Waals surface area contributed by atoms with Crippen LogP contribution in [0.25, 0.3) is 10.9 Å². The highest BCUT2D eigenvalue weighted by Crippen LogP contribution is 2.29. The van der Waals surface area contributed by atoms with E-state index in [1.165, 1.54) is 6.07 Å². The van der Waals surface area contributed by atoms with Gasteiger partial charge in [0.05, 0.1) is 9.82 Å². The Bertz CT molecular complexity index is 1420. The first-order valence-corrected chi connectivity index (χ1v) is 12.5.